The van der Waals surface area contributed by atoms with Crippen molar-refractivity contribution in [2.45, 2.75) is 6.61 Å². The van der Waals surface area contributed by atoms with Gasteiger partial charge in [-0.3, -0.25) is 0 Å². The highest BCUT2D eigenvalue weighted by Crippen LogP contribution is 2.16. The average Bonchev–Trinajstić information content (AvgIpc) is 2.59. The Kier molecular flexibility index (Phi) is 5.12. The van der Waals surface area contributed by atoms with Crippen molar-refractivity contribution in [2.24, 2.45) is 0 Å². The van der Waals surface area contributed by atoms with E-state index in [1.54, 1.807) is 48.5 Å². The van der Waals surface area contributed by atoms with Gasteiger partial charge < -0.3 is 9.84 Å². The quantitative estimate of drug-likeness (QED) is 0.854. The first-order valence-electron chi connectivity index (χ1n) is 6.69. The molecule has 0 radical (unpaired) electrons. The fraction of sp³-hybridized carbons (Fsp3) is 0.0556. The van der Waals surface area contributed by atoms with Crippen molar-refractivity contribution in [3.8, 4) is 17.9 Å². The molecule has 0 aliphatic heterocycles. The van der Waals surface area contributed by atoms with Crippen LogP contribution in [-0.4, -0.2) is 11.1 Å². The Labute approximate surface area is 133 Å². The Morgan fingerprint density at radius 3 is 2.17 bits per heavy atom. The maximum absolute atomic E-state index is 10.8. The van der Waals surface area contributed by atoms with Crippen molar-refractivity contribution < 1.29 is 14.6 Å². The van der Waals surface area contributed by atoms with E-state index in [0.29, 0.717) is 12.4 Å². The maximum Gasteiger partial charge on any atom is 0.335 e. The second-order valence-electron chi connectivity index (χ2n) is 4.64. The molecule has 0 atom stereocenters. The van der Waals surface area contributed by atoms with Crippen LogP contribution >= 0.6 is 0 Å². The fourth-order valence-corrected chi connectivity index (χ4v) is 1.83. The lowest BCUT2D eigenvalue weighted by molar-refractivity contribution is 0.0697. The Hall–Kier alpha value is -3.57. The largest absolute Gasteiger partial charge is 0.489 e. The van der Waals surface area contributed by atoms with Gasteiger partial charge in [0.05, 0.1) is 5.56 Å². The molecule has 2 aromatic rings. The topological polar surface area (TPSA) is 94.1 Å². The molecule has 0 fully saturated rings. The SMILES string of the molecule is N#CC(C#N)=Cc1ccc(OCc2ccc(C(=O)O)cc2)cc1. The molecular weight excluding hydrogens is 292 g/mol. The highest BCUT2D eigenvalue weighted by atomic mass is 16.5. The summed E-state index contributed by atoms with van der Waals surface area (Å²) in [5, 5.41) is 26.2. The number of benzene rings is 2. The van der Waals surface area contributed by atoms with Crippen molar-refractivity contribution in [3.05, 3.63) is 70.8 Å². The third-order valence-electron chi connectivity index (χ3n) is 3.04. The zero-order chi connectivity index (χ0) is 16.7. The molecule has 0 bridgehead atoms. The Bertz CT molecular complexity index is 791. The van der Waals surface area contributed by atoms with E-state index >= 15 is 0 Å². The lowest BCUT2D eigenvalue weighted by Crippen LogP contribution is -1.98. The van der Waals surface area contributed by atoms with Gasteiger partial charge in [0.25, 0.3) is 0 Å². The summed E-state index contributed by atoms with van der Waals surface area (Å²) >= 11 is 0. The van der Waals surface area contributed by atoms with E-state index in [4.69, 9.17) is 20.4 Å². The number of aromatic carboxylic acids is 1. The van der Waals surface area contributed by atoms with Crippen molar-refractivity contribution in [1.29, 1.82) is 10.5 Å². The fourth-order valence-electron chi connectivity index (χ4n) is 1.83. The average molecular weight is 304 g/mol. The van der Waals surface area contributed by atoms with Crippen LogP contribution in [0.1, 0.15) is 21.5 Å². The second kappa shape index (κ2) is 7.44. The first kappa shape index (κ1) is 15.8. The Morgan fingerprint density at radius 1 is 1.04 bits per heavy atom. The van der Waals surface area contributed by atoms with Gasteiger partial charge in [0.2, 0.25) is 0 Å². The third-order valence-corrected chi connectivity index (χ3v) is 3.04. The molecule has 0 aromatic heterocycles. The van der Waals surface area contributed by atoms with Gasteiger partial charge in [-0.15, -0.1) is 0 Å². The monoisotopic (exact) mass is 304 g/mol. The maximum atomic E-state index is 10.8. The van der Waals surface area contributed by atoms with E-state index in [-0.39, 0.29) is 11.1 Å². The number of hydrogen-bond acceptors (Lipinski definition) is 4. The van der Waals surface area contributed by atoms with Gasteiger partial charge in [0.15, 0.2) is 0 Å². The first-order chi connectivity index (χ1) is 11.1. The molecule has 5 nitrogen and oxygen atoms in total. The standard InChI is InChI=1S/C18H12N2O3/c19-10-15(11-20)9-13-3-7-17(8-4-13)23-12-14-1-5-16(6-2-14)18(21)22/h1-9H,12H2,(H,21,22). The molecule has 5 heteroatoms. The van der Waals surface area contributed by atoms with Gasteiger partial charge in [-0.05, 0) is 41.5 Å². The van der Waals surface area contributed by atoms with Crippen LogP contribution in [0, 0.1) is 22.7 Å². The molecule has 2 rings (SSSR count). The first-order valence-corrected chi connectivity index (χ1v) is 6.69. The predicted molar refractivity (Wildman–Crippen MR) is 83.4 cm³/mol. The summed E-state index contributed by atoms with van der Waals surface area (Å²) < 4.78 is 5.61. The minimum atomic E-state index is -0.963. The molecule has 2 aromatic carbocycles. The summed E-state index contributed by atoms with van der Waals surface area (Å²) in [6.07, 6.45) is 1.49. The summed E-state index contributed by atoms with van der Waals surface area (Å²) in [6, 6.07) is 17.0. The van der Waals surface area contributed by atoms with Crippen LogP contribution in [0.4, 0.5) is 0 Å². The van der Waals surface area contributed by atoms with Crippen molar-refractivity contribution in [3.63, 3.8) is 0 Å². The molecule has 0 unspecified atom stereocenters. The third kappa shape index (κ3) is 4.45. The Balaban J connectivity index is 1.99. The van der Waals surface area contributed by atoms with E-state index < -0.39 is 5.97 Å². The molecular formula is C18H12N2O3. The van der Waals surface area contributed by atoms with Gasteiger partial charge in [0, 0.05) is 0 Å². The van der Waals surface area contributed by atoms with Crippen LogP contribution in [0.25, 0.3) is 6.08 Å². The summed E-state index contributed by atoms with van der Waals surface area (Å²) in [5.41, 5.74) is 1.87. The van der Waals surface area contributed by atoms with Crippen LogP contribution in [0.5, 0.6) is 5.75 Å². The number of carboxylic acids is 1. The Morgan fingerprint density at radius 2 is 1.65 bits per heavy atom. The molecule has 0 heterocycles. The van der Waals surface area contributed by atoms with E-state index in [0.717, 1.165) is 11.1 Å². The molecule has 0 aliphatic carbocycles. The lowest BCUT2D eigenvalue weighted by Gasteiger charge is -2.07. The van der Waals surface area contributed by atoms with E-state index in [2.05, 4.69) is 0 Å². The highest BCUT2D eigenvalue weighted by Gasteiger charge is 2.02. The number of carboxylic acid groups (broad SMARTS) is 1. The van der Waals surface area contributed by atoms with Crippen LogP contribution in [0.3, 0.4) is 0 Å². The zero-order valence-electron chi connectivity index (χ0n) is 12.1. The van der Waals surface area contributed by atoms with Crippen LogP contribution in [-0.2, 0) is 6.61 Å². The highest BCUT2D eigenvalue weighted by molar-refractivity contribution is 5.87. The van der Waals surface area contributed by atoms with Crippen molar-refractivity contribution >= 4 is 12.0 Å². The van der Waals surface area contributed by atoms with E-state index in [1.165, 1.54) is 18.2 Å². The van der Waals surface area contributed by atoms with E-state index in [9.17, 15) is 4.79 Å². The van der Waals surface area contributed by atoms with Gasteiger partial charge in [0.1, 0.15) is 30.1 Å². The number of ether oxygens (including phenoxy) is 1. The van der Waals surface area contributed by atoms with Crippen LogP contribution in [0.2, 0.25) is 0 Å². The minimum absolute atomic E-state index is 0.0391. The molecule has 0 saturated heterocycles. The molecule has 112 valence electrons. The summed E-state index contributed by atoms with van der Waals surface area (Å²) in [6.45, 7) is 0.316. The number of carbonyl (C=O) groups is 1. The summed E-state index contributed by atoms with van der Waals surface area (Å²) in [7, 11) is 0. The number of nitriles is 2. The smallest absolute Gasteiger partial charge is 0.335 e. The van der Waals surface area contributed by atoms with E-state index in [1.807, 2.05) is 0 Å². The molecule has 0 spiro atoms. The minimum Gasteiger partial charge on any atom is -0.489 e. The summed E-state index contributed by atoms with van der Waals surface area (Å²) in [5.74, 6) is -0.324. The number of hydrogen-bond donors (Lipinski definition) is 1. The van der Waals surface area contributed by atoms with Crippen LogP contribution < -0.4 is 4.74 Å². The van der Waals surface area contributed by atoms with Crippen molar-refractivity contribution in [2.75, 3.05) is 0 Å². The van der Waals surface area contributed by atoms with Gasteiger partial charge in [-0.25, -0.2) is 4.79 Å². The normalized spacial score (nSPS) is 9.30. The molecule has 0 aliphatic rings. The number of allylic oxidation sites excluding steroid dienone is 1. The second-order valence-corrected chi connectivity index (χ2v) is 4.64. The van der Waals surface area contributed by atoms with Crippen molar-refractivity contribution in [1.82, 2.24) is 0 Å². The lowest BCUT2D eigenvalue weighted by atomic mass is 10.1. The predicted octanol–water partition coefficient (Wildman–Crippen LogP) is 3.39. The molecule has 23 heavy (non-hydrogen) atoms. The van der Waals surface area contributed by atoms with Gasteiger partial charge in [-0.2, -0.15) is 10.5 Å². The zero-order valence-corrected chi connectivity index (χ0v) is 12.1. The molecule has 0 saturated carbocycles. The number of nitrogens with zero attached hydrogens (tertiary/aromatic N) is 2. The number of rotatable bonds is 5. The van der Waals surface area contributed by atoms with Crippen LogP contribution in [0.15, 0.2) is 54.1 Å². The molecule has 0 amide bonds. The van der Waals surface area contributed by atoms with Gasteiger partial charge >= 0.3 is 5.97 Å². The summed E-state index contributed by atoms with van der Waals surface area (Å²) in [4.78, 5) is 10.8. The molecule has 1 N–H and O–H groups in total. The van der Waals surface area contributed by atoms with Gasteiger partial charge in [-0.1, -0.05) is 24.3 Å².